The molecule has 0 heterocycles. The van der Waals surface area contributed by atoms with Gasteiger partial charge in [-0.3, -0.25) is 14.4 Å². The molecule has 3 atom stereocenters. The van der Waals surface area contributed by atoms with Crippen LogP contribution < -0.4 is 26.4 Å². The number of amides is 3. The number of aryl methyl sites for hydroxylation is 1. The second-order valence-corrected chi connectivity index (χ2v) is 14.6. The van der Waals surface area contributed by atoms with E-state index in [9.17, 15) is 37.5 Å². The number of Topliss-reactive ketones (excluding diaryl/α,β-unsaturated/α-hetero) is 1. The van der Waals surface area contributed by atoms with Gasteiger partial charge in [0.1, 0.15) is 18.7 Å². The number of unbranched alkanes of at least 4 members (excludes halogenated alkanes) is 2. The summed E-state index contributed by atoms with van der Waals surface area (Å²) in [6.07, 6.45) is 0.491. The molecule has 0 radical (unpaired) electrons. The molecule has 3 aromatic carbocycles. The number of alkyl carbamates (subject to hydrolysis) is 1. The van der Waals surface area contributed by atoms with Gasteiger partial charge in [-0.25, -0.2) is 22.7 Å². The molecule has 0 spiro atoms. The minimum atomic E-state index is -3.76. The number of aliphatic carboxylic acids is 1. The first-order valence-electron chi connectivity index (χ1n) is 17.4. The van der Waals surface area contributed by atoms with Gasteiger partial charge in [0.15, 0.2) is 11.3 Å². The smallest absolute Gasteiger partial charge is 0.407 e. The summed E-state index contributed by atoms with van der Waals surface area (Å²) in [5.74, 6) is -3.64. The predicted octanol–water partition coefficient (Wildman–Crippen LogP) is 3.12. The second-order valence-electron chi connectivity index (χ2n) is 12.8. The van der Waals surface area contributed by atoms with Gasteiger partial charge in [-0.15, -0.1) is 0 Å². The summed E-state index contributed by atoms with van der Waals surface area (Å²) >= 11 is 0. The number of sulfonamides is 1. The number of nitrogens with two attached hydrogens (primary N) is 1. The number of hydrogen-bond acceptors (Lipinski definition) is 9. The number of carboxylic acid groups (broad SMARTS) is 1. The van der Waals surface area contributed by atoms with Gasteiger partial charge in [0.25, 0.3) is 0 Å². The molecule has 14 nitrogen and oxygen atoms in total. The third kappa shape index (κ3) is 14.1. The molecule has 286 valence electrons. The number of benzene rings is 3. The Bertz CT molecular complexity index is 1770. The topological polar surface area (TPSA) is 223 Å². The molecule has 0 saturated heterocycles. The van der Waals surface area contributed by atoms with Crippen molar-refractivity contribution in [1.82, 2.24) is 20.7 Å². The van der Waals surface area contributed by atoms with Gasteiger partial charge in [-0.1, -0.05) is 78.4 Å². The number of ketones is 1. The standard InChI is InChI=1S/C38H49N5O9S/c1-27-18-20-31(21-19-27)53(50,51)41-24-12-10-22-38(39,28(2)44)36(48)43-33(25-29-13-5-3-6-14-29)34(45)42-32(35(46)47)17-9-11-23-40-37(49)52-26-30-15-7-4-8-16-30/h3-8,13-16,18-21,32-33,41H,9-12,17,22-26,39H2,1-2H3,(H,40,49)(H,42,45)(H,43,48)(H,46,47)/t32-,33+,38+/m1/s1. The van der Waals surface area contributed by atoms with E-state index in [0.717, 1.165) is 18.1 Å². The first kappa shape index (κ1) is 42.3. The molecule has 0 saturated carbocycles. The molecule has 0 aromatic heterocycles. The number of carbonyl (C=O) groups excluding carboxylic acids is 4. The summed E-state index contributed by atoms with van der Waals surface area (Å²) in [5, 5.41) is 17.5. The molecule has 0 aliphatic heterocycles. The normalized spacial score (nSPS) is 13.5. The van der Waals surface area contributed by atoms with Gasteiger partial charge in [-0.2, -0.15) is 0 Å². The van der Waals surface area contributed by atoms with E-state index < -0.39 is 57.3 Å². The molecule has 0 bridgehead atoms. The van der Waals surface area contributed by atoms with Crippen LogP contribution in [0.15, 0.2) is 89.8 Å². The molecule has 3 aromatic rings. The zero-order valence-electron chi connectivity index (χ0n) is 30.0. The Morgan fingerprint density at radius 2 is 1.40 bits per heavy atom. The molecule has 0 aliphatic rings. The van der Waals surface area contributed by atoms with Crippen LogP contribution >= 0.6 is 0 Å². The Labute approximate surface area is 310 Å². The van der Waals surface area contributed by atoms with Crippen molar-refractivity contribution in [2.45, 2.75) is 87.9 Å². The zero-order chi connectivity index (χ0) is 38.9. The van der Waals surface area contributed by atoms with E-state index >= 15 is 0 Å². The van der Waals surface area contributed by atoms with Gasteiger partial charge in [0.2, 0.25) is 21.8 Å². The lowest BCUT2D eigenvalue weighted by Crippen LogP contribution is -2.63. The molecular weight excluding hydrogens is 703 g/mol. The van der Waals surface area contributed by atoms with E-state index in [1.54, 1.807) is 42.5 Å². The summed E-state index contributed by atoms with van der Waals surface area (Å²) < 4.78 is 32.9. The highest BCUT2D eigenvalue weighted by Gasteiger charge is 2.40. The molecular formula is C38H49N5O9S. The average Bonchev–Trinajstić information content (AvgIpc) is 3.13. The summed E-state index contributed by atoms with van der Waals surface area (Å²) in [6.45, 7) is 3.37. The minimum Gasteiger partial charge on any atom is -0.480 e. The maximum Gasteiger partial charge on any atom is 0.407 e. The van der Waals surface area contributed by atoms with Gasteiger partial charge in [-0.05, 0) is 75.6 Å². The zero-order valence-corrected chi connectivity index (χ0v) is 30.8. The van der Waals surface area contributed by atoms with Crippen molar-refractivity contribution in [1.29, 1.82) is 0 Å². The first-order valence-corrected chi connectivity index (χ1v) is 18.9. The molecule has 0 unspecified atom stereocenters. The van der Waals surface area contributed by atoms with E-state index in [4.69, 9.17) is 10.5 Å². The van der Waals surface area contributed by atoms with Crippen LogP contribution in [0.25, 0.3) is 0 Å². The first-order chi connectivity index (χ1) is 25.2. The summed E-state index contributed by atoms with van der Waals surface area (Å²) in [5.41, 5.74) is 6.72. The number of rotatable bonds is 22. The Balaban J connectivity index is 1.56. The predicted molar refractivity (Wildman–Crippen MR) is 198 cm³/mol. The van der Waals surface area contributed by atoms with Gasteiger partial charge < -0.3 is 31.5 Å². The molecule has 0 fully saturated rings. The van der Waals surface area contributed by atoms with Crippen LogP contribution in [-0.4, -0.2) is 73.9 Å². The Hall–Kier alpha value is -5.12. The van der Waals surface area contributed by atoms with Crippen molar-refractivity contribution in [2.75, 3.05) is 13.1 Å². The molecule has 3 rings (SSSR count). The third-order valence-corrected chi connectivity index (χ3v) is 10.1. The third-order valence-electron chi connectivity index (χ3n) is 8.58. The molecule has 7 N–H and O–H groups in total. The number of ether oxygens (including phenoxy) is 1. The van der Waals surface area contributed by atoms with Crippen LogP contribution in [0.4, 0.5) is 4.79 Å². The lowest BCUT2D eigenvalue weighted by Gasteiger charge is -2.29. The van der Waals surface area contributed by atoms with Gasteiger partial charge >= 0.3 is 12.1 Å². The van der Waals surface area contributed by atoms with E-state index in [1.807, 2.05) is 37.3 Å². The molecule has 3 amide bonds. The summed E-state index contributed by atoms with van der Waals surface area (Å²) in [4.78, 5) is 64.1. The lowest BCUT2D eigenvalue weighted by molar-refractivity contribution is -0.142. The van der Waals surface area contributed by atoms with E-state index in [1.165, 1.54) is 12.1 Å². The summed E-state index contributed by atoms with van der Waals surface area (Å²) in [6, 6.07) is 21.7. The fourth-order valence-corrected chi connectivity index (χ4v) is 6.37. The number of nitrogens with one attached hydrogen (secondary N) is 4. The van der Waals surface area contributed by atoms with Crippen LogP contribution in [0.3, 0.4) is 0 Å². The highest BCUT2D eigenvalue weighted by Crippen LogP contribution is 2.16. The van der Waals surface area contributed by atoms with Crippen molar-refractivity contribution < 1.29 is 42.2 Å². The number of carboxylic acids is 1. The Morgan fingerprint density at radius 3 is 2.00 bits per heavy atom. The van der Waals surface area contributed by atoms with Crippen LogP contribution in [0.2, 0.25) is 0 Å². The van der Waals surface area contributed by atoms with Crippen molar-refractivity contribution >= 4 is 39.7 Å². The van der Waals surface area contributed by atoms with Crippen LogP contribution in [0.1, 0.15) is 62.1 Å². The fraction of sp³-hybridized carbons (Fsp3) is 0.395. The highest BCUT2D eigenvalue weighted by molar-refractivity contribution is 7.89. The molecule has 53 heavy (non-hydrogen) atoms. The van der Waals surface area contributed by atoms with E-state index in [2.05, 4.69) is 20.7 Å². The summed E-state index contributed by atoms with van der Waals surface area (Å²) in [7, 11) is -3.76. The largest absolute Gasteiger partial charge is 0.480 e. The second kappa shape index (κ2) is 20.8. The van der Waals surface area contributed by atoms with E-state index in [-0.39, 0.29) is 56.7 Å². The van der Waals surface area contributed by atoms with Crippen molar-refractivity contribution in [3.63, 3.8) is 0 Å². The lowest BCUT2D eigenvalue weighted by atomic mass is 9.88. The van der Waals surface area contributed by atoms with Crippen molar-refractivity contribution in [3.05, 3.63) is 102 Å². The van der Waals surface area contributed by atoms with Crippen LogP contribution in [0.5, 0.6) is 0 Å². The van der Waals surface area contributed by atoms with Crippen molar-refractivity contribution in [2.24, 2.45) is 5.73 Å². The monoisotopic (exact) mass is 751 g/mol. The van der Waals surface area contributed by atoms with Crippen LogP contribution in [-0.2, 0) is 47.0 Å². The Morgan fingerprint density at radius 1 is 0.792 bits per heavy atom. The average molecular weight is 752 g/mol. The Kier molecular flexibility index (Phi) is 16.6. The molecule has 0 aliphatic carbocycles. The maximum absolute atomic E-state index is 13.6. The van der Waals surface area contributed by atoms with Crippen LogP contribution in [0, 0.1) is 6.92 Å². The molecule has 15 heteroatoms. The van der Waals surface area contributed by atoms with Gasteiger partial charge in [0.05, 0.1) is 4.90 Å². The minimum absolute atomic E-state index is 0.0193. The van der Waals surface area contributed by atoms with Crippen molar-refractivity contribution in [3.8, 4) is 0 Å². The quantitative estimate of drug-likeness (QED) is 0.0650. The highest BCUT2D eigenvalue weighted by atomic mass is 32.2. The maximum atomic E-state index is 13.6. The fourth-order valence-electron chi connectivity index (χ4n) is 5.30. The number of hydrogen-bond donors (Lipinski definition) is 6. The number of carbonyl (C=O) groups is 5. The SMILES string of the molecule is CC(=O)[C@@](N)(CCCCNS(=O)(=O)c1ccc(C)cc1)C(=O)N[C@@H](Cc1ccccc1)C(=O)N[C@H](CCCCNC(=O)OCc1ccccc1)C(=O)O. The van der Waals surface area contributed by atoms with Gasteiger partial charge in [0, 0.05) is 19.5 Å². The van der Waals surface area contributed by atoms with E-state index in [0.29, 0.717) is 18.4 Å².